The predicted molar refractivity (Wildman–Crippen MR) is 148 cm³/mol. The molecule has 2 aromatic heterocycles. The number of benzene rings is 2. The van der Waals surface area contributed by atoms with Gasteiger partial charge in [-0.3, -0.25) is 0 Å². The number of piperazine rings is 1. The Kier molecular flexibility index (Phi) is 6.36. The van der Waals surface area contributed by atoms with Crippen LogP contribution in [0.3, 0.4) is 0 Å². The Hall–Kier alpha value is -3.55. The smallest absolute Gasteiger partial charge is 0.222 e. The van der Waals surface area contributed by atoms with Gasteiger partial charge in [-0.25, -0.2) is 4.98 Å². The van der Waals surface area contributed by atoms with E-state index in [9.17, 15) is 4.57 Å². The van der Waals surface area contributed by atoms with Gasteiger partial charge in [0.1, 0.15) is 18.4 Å². The highest BCUT2D eigenvalue weighted by atomic mass is 31.2. The van der Waals surface area contributed by atoms with Crippen LogP contribution < -0.4 is 26.0 Å². The third kappa shape index (κ3) is 4.64. The van der Waals surface area contributed by atoms with Gasteiger partial charge in [-0.2, -0.15) is 4.98 Å². The number of fused-ring (bicyclic) bond motifs is 1. The van der Waals surface area contributed by atoms with Gasteiger partial charge in [-0.1, -0.05) is 12.1 Å². The maximum absolute atomic E-state index is 12.9. The number of aromatic nitrogens is 3. The summed E-state index contributed by atoms with van der Waals surface area (Å²) >= 11 is 0. The molecule has 1 aliphatic rings. The molecule has 10 heteroatoms. The molecule has 188 valence electrons. The highest BCUT2D eigenvalue weighted by molar-refractivity contribution is 7.70. The molecule has 0 bridgehead atoms. The van der Waals surface area contributed by atoms with Crippen LogP contribution in [-0.4, -0.2) is 73.1 Å². The first kappa shape index (κ1) is 24.2. The van der Waals surface area contributed by atoms with E-state index in [-0.39, 0.29) is 5.95 Å². The van der Waals surface area contributed by atoms with Crippen LogP contribution in [0.15, 0.2) is 54.7 Å². The van der Waals surface area contributed by atoms with Crippen LogP contribution >= 0.6 is 7.14 Å². The van der Waals surface area contributed by atoms with Crippen molar-refractivity contribution in [2.75, 3.05) is 69.6 Å². The highest BCUT2D eigenvalue weighted by Gasteiger charge is 2.21. The van der Waals surface area contributed by atoms with Crippen LogP contribution in [0.2, 0.25) is 0 Å². The first-order valence-corrected chi connectivity index (χ1v) is 14.5. The van der Waals surface area contributed by atoms with E-state index >= 15 is 0 Å². The second kappa shape index (κ2) is 9.48. The highest BCUT2D eigenvalue weighted by Crippen LogP contribution is 2.39. The molecule has 3 heterocycles. The second-order valence-corrected chi connectivity index (χ2v) is 12.7. The molecular formula is C26H32N7O2P. The number of nitrogens with two attached hydrogens (primary N) is 1. The molecule has 0 aliphatic carbocycles. The zero-order valence-corrected chi connectivity index (χ0v) is 22.0. The van der Waals surface area contributed by atoms with Crippen molar-refractivity contribution in [1.82, 2.24) is 19.4 Å². The van der Waals surface area contributed by atoms with Crippen LogP contribution in [0.5, 0.6) is 5.75 Å². The van der Waals surface area contributed by atoms with Crippen molar-refractivity contribution in [1.29, 1.82) is 0 Å². The Morgan fingerprint density at radius 2 is 1.78 bits per heavy atom. The van der Waals surface area contributed by atoms with Gasteiger partial charge in [-0.15, -0.1) is 0 Å². The van der Waals surface area contributed by atoms with Crippen LogP contribution in [0.1, 0.15) is 0 Å². The summed E-state index contributed by atoms with van der Waals surface area (Å²) in [5, 5.41) is 4.14. The molecule has 4 aromatic rings. The average Bonchev–Trinajstić information content (AvgIpc) is 3.27. The second-order valence-electron chi connectivity index (χ2n) is 9.49. The van der Waals surface area contributed by atoms with E-state index in [4.69, 9.17) is 10.5 Å². The van der Waals surface area contributed by atoms with E-state index in [0.29, 0.717) is 11.3 Å². The molecule has 0 unspecified atom stereocenters. The summed E-state index contributed by atoms with van der Waals surface area (Å²) in [4.78, 5) is 13.7. The first-order chi connectivity index (χ1) is 17.2. The minimum absolute atomic E-state index is 0.161. The van der Waals surface area contributed by atoms with Crippen LogP contribution in [-0.2, 0) is 4.57 Å². The summed E-state index contributed by atoms with van der Waals surface area (Å²) in [6.45, 7) is 7.53. The van der Waals surface area contributed by atoms with Gasteiger partial charge in [0.15, 0.2) is 5.82 Å². The lowest BCUT2D eigenvalue weighted by Crippen LogP contribution is -2.44. The van der Waals surface area contributed by atoms with E-state index in [2.05, 4.69) is 50.3 Å². The van der Waals surface area contributed by atoms with Gasteiger partial charge in [0.05, 0.1) is 24.0 Å². The number of nitrogens with one attached hydrogen (secondary N) is 1. The fourth-order valence-corrected chi connectivity index (χ4v) is 5.81. The number of nitrogen functional groups attached to an aromatic ring is 1. The molecule has 2 aromatic carbocycles. The van der Waals surface area contributed by atoms with Crippen LogP contribution in [0.4, 0.5) is 23.1 Å². The number of anilines is 4. The quantitative estimate of drug-likeness (QED) is 0.382. The van der Waals surface area contributed by atoms with Gasteiger partial charge in [0.25, 0.3) is 0 Å². The molecule has 9 nitrogen and oxygen atoms in total. The maximum atomic E-state index is 12.9. The van der Waals surface area contributed by atoms with Gasteiger partial charge < -0.3 is 34.7 Å². The molecule has 0 radical (unpaired) electrons. The van der Waals surface area contributed by atoms with Crippen LogP contribution in [0, 0.1) is 0 Å². The molecule has 0 spiro atoms. The molecule has 5 rings (SSSR count). The molecule has 1 saturated heterocycles. The zero-order valence-electron chi connectivity index (χ0n) is 21.1. The molecule has 1 aliphatic heterocycles. The minimum Gasteiger partial charge on any atom is -0.494 e. The van der Waals surface area contributed by atoms with Crippen molar-refractivity contribution in [3.05, 3.63) is 54.7 Å². The van der Waals surface area contributed by atoms with Gasteiger partial charge >= 0.3 is 0 Å². The molecule has 0 saturated carbocycles. The van der Waals surface area contributed by atoms with Crippen molar-refractivity contribution in [3.63, 3.8) is 0 Å². The summed E-state index contributed by atoms with van der Waals surface area (Å²) in [7, 11) is 1.30. The number of para-hydroxylation sites is 1. The van der Waals surface area contributed by atoms with Gasteiger partial charge in [-0.05, 0) is 50.7 Å². The number of hydrogen-bond donors (Lipinski definition) is 2. The monoisotopic (exact) mass is 505 g/mol. The third-order valence-electron chi connectivity index (χ3n) is 6.58. The first-order valence-electron chi connectivity index (χ1n) is 11.9. The number of likely N-dealkylation sites (N-methyl/N-ethyl adjacent to an activating group) is 1. The maximum Gasteiger partial charge on any atom is 0.222 e. The summed E-state index contributed by atoms with van der Waals surface area (Å²) in [6.07, 6.45) is 1.94. The number of nitrogens with zero attached hydrogens (tertiary/aromatic N) is 5. The zero-order chi connectivity index (χ0) is 25.4. The largest absolute Gasteiger partial charge is 0.494 e. The summed E-state index contributed by atoms with van der Waals surface area (Å²) < 4.78 is 20.8. The van der Waals surface area contributed by atoms with Crippen molar-refractivity contribution >= 4 is 46.6 Å². The average molecular weight is 506 g/mol. The summed E-state index contributed by atoms with van der Waals surface area (Å²) in [5.41, 5.74) is 10.2. The summed E-state index contributed by atoms with van der Waals surface area (Å²) in [6, 6.07) is 15.7. The third-order valence-corrected chi connectivity index (χ3v) is 8.13. The standard InChI is InChI=1S/C26H32N7O2P/c1-31-13-15-32(16-14-31)18-9-10-21(22(17-18)35-2)33-12-11-20-24(33)25(30-26(27)29-20)28-19-7-5-6-8-23(19)36(3,4)34/h5-12,17H,13-16H2,1-4H3,(H3,27,28,29,30). The number of methoxy groups -OCH3 is 1. The van der Waals surface area contributed by atoms with Crippen LogP contribution in [0.25, 0.3) is 16.7 Å². The molecular weight excluding hydrogens is 473 g/mol. The summed E-state index contributed by atoms with van der Waals surface area (Å²) in [5.74, 6) is 1.45. The van der Waals surface area contributed by atoms with E-state index in [0.717, 1.165) is 59.8 Å². The molecule has 36 heavy (non-hydrogen) atoms. The van der Waals surface area contributed by atoms with E-state index in [1.54, 1.807) is 20.4 Å². The van der Waals surface area contributed by atoms with Gasteiger partial charge in [0, 0.05) is 49.4 Å². The topological polar surface area (TPSA) is 102 Å². The lowest BCUT2D eigenvalue weighted by molar-refractivity contribution is 0.312. The van der Waals surface area contributed by atoms with E-state index in [1.165, 1.54) is 0 Å². The van der Waals surface area contributed by atoms with Gasteiger partial charge in [0.2, 0.25) is 5.95 Å². The number of ether oxygens (including phenoxy) is 1. The minimum atomic E-state index is -2.53. The predicted octanol–water partition coefficient (Wildman–Crippen LogP) is 3.75. The fourth-order valence-electron chi connectivity index (χ4n) is 4.65. The van der Waals surface area contributed by atoms with E-state index in [1.807, 2.05) is 41.1 Å². The Labute approximate surface area is 211 Å². The number of hydrogen-bond acceptors (Lipinski definition) is 8. The molecule has 3 N–H and O–H groups in total. The normalized spacial score (nSPS) is 14.8. The van der Waals surface area contributed by atoms with Crippen molar-refractivity contribution in [3.8, 4) is 11.4 Å². The SMILES string of the molecule is COc1cc(N2CCN(C)CC2)ccc1-n1ccc2nc(N)nc(Nc3ccccc3P(C)(C)=O)c21. The Balaban J connectivity index is 1.59. The van der Waals surface area contributed by atoms with E-state index < -0.39 is 7.14 Å². The van der Waals surface area contributed by atoms with Crippen molar-refractivity contribution in [2.45, 2.75) is 0 Å². The Bertz CT molecular complexity index is 1450. The fraction of sp³-hybridized carbons (Fsp3) is 0.308. The number of rotatable bonds is 6. The lowest BCUT2D eigenvalue weighted by Gasteiger charge is -2.34. The lowest BCUT2D eigenvalue weighted by atomic mass is 10.2. The van der Waals surface area contributed by atoms with Crippen molar-refractivity contribution in [2.24, 2.45) is 0 Å². The molecule has 0 amide bonds. The Morgan fingerprint density at radius 3 is 2.50 bits per heavy atom. The Morgan fingerprint density at radius 1 is 1.03 bits per heavy atom. The molecule has 1 fully saturated rings. The molecule has 0 atom stereocenters. The van der Waals surface area contributed by atoms with Crippen molar-refractivity contribution < 1.29 is 9.30 Å².